The Kier molecular flexibility index (Phi) is 6.41. The van der Waals surface area contributed by atoms with Gasteiger partial charge < -0.3 is 9.80 Å². The predicted octanol–water partition coefficient (Wildman–Crippen LogP) is 4.53. The van der Waals surface area contributed by atoms with Crippen LogP contribution in [0.15, 0.2) is 48.5 Å². The monoisotopic (exact) mass is 411 g/mol. The molecule has 1 unspecified atom stereocenters. The first kappa shape index (κ1) is 20.2. The number of piperazine rings is 1. The zero-order valence-corrected chi connectivity index (χ0v) is 17.9. The zero-order valence-electron chi connectivity index (χ0n) is 17.2. The number of likely N-dealkylation sites (tertiary alicyclic amines) is 1. The van der Waals surface area contributed by atoms with Crippen LogP contribution in [0.1, 0.15) is 35.7 Å². The van der Waals surface area contributed by atoms with E-state index in [2.05, 4.69) is 34.9 Å². The number of benzene rings is 2. The molecule has 4 rings (SSSR count). The molecule has 0 radical (unpaired) electrons. The third kappa shape index (κ3) is 5.12. The molecule has 29 heavy (non-hydrogen) atoms. The van der Waals surface area contributed by atoms with E-state index in [9.17, 15) is 4.79 Å². The van der Waals surface area contributed by atoms with Crippen molar-refractivity contribution in [3.05, 3.63) is 64.7 Å². The van der Waals surface area contributed by atoms with Gasteiger partial charge >= 0.3 is 0 Å². The summed E-state index contributed by atoms with van der Waals surface area (Å²) in [5.74, 6) is 0.920. The van der Waals surface area contributed by atoms with Gasteiger partial charge in [-0.25, -0.2) is 0 Å². The second kappa shape index (κ2) is 9.19. The van der Waals surface area contributed by atoms with E-state index in [1.54, 1.807) is 0 Å². The summed E-state index contributed by atoms with van der Waals surface area (Å²) >= 11 is 6.11. The Labute approximate surface area is 179 Å². The standard InChI is InChI=1S/C24H30ClN3O/c1-19-4-3-11-26(17-19)18-20-7-9-21(10-8-20)24(29)28-14-12-27(13-15-28)23-6-2-5-22(25)16-23/h2,5-10,16,19H,3-4,11-15,17-18H2,1H3. The topological polar surface area (TPSA) is 26.8 Å². The molecule has 2 aromatic carbocycles. The molecule has 0 N–H and O–H groups in total. The van der Waals surface area contributed by atoms with Crippen LogP contribution < -0.4 is 4.90 Å². The SMILES string of the molecule is CC1CCCN(Cc2ccc(C(=O)N3CCN(c4cccc(Cl)c4)CC3)cc2)C1. The van der Waals surface area contributed by atoms with E-state index >= 15 is 0 Å². The van der Waals surface area contributed by atoms with Crippen LogP contribution in [0.2, 0.25) is 5.02 Å². The third-order valence-corrected chi connectivity index (χ3v) is 6.32. The molecule has 1 atom stereocenters. The summed E-state index contributed by atoms with van der Waals surface area (Å²) in [7, 11) is 0. The molecule has 1 amide bonds. The molecule has 2 aromatic rings. The molecule has 2 aliphatic rings. The van der Waals surface area contributed by atoms with Gasteiger partial charge in [-0.1, -0.05) is 36.7 Å². The van der Waals surface area contributed by atoms with Crippen molar-refractivity contribution in [2.24, 2.45) is 5.92 Å². The number of hydrogen-bond acceptors (Lipinski definition) is 3. The molecule has 2 heterocycles. The number of halogens is 1. The second-order valence-corrected chi connectivity index (χ2v) is 8.87. The van der Waals surface area contributed by atoms with Crippen LogP contribution in [0.3, 0.4) is 0 Å². The molecule has 2 aliphatic heterocycles. The molecule has 0 spiro atoms. The molecule has 2 saturated heterocycles. The smallest absolute Gasteiger partial charge is 0.253 e. The molecule has 4 nitrogen and oxygen atoms in total. The van der Waals surface area contributed by atoms with Gasteiger partial charge in [0, 0.05) is 55.5 Å². The van der Waals surface area contributed by atoms with E-state index in [1.807, 2.05) is 35.2 Å². The number of anilines is 1. The highest BCUT2D eigenvalue weighted by Crippen LogP contribution is 2.22. The highest BCUT2D eigenvalue weighted by atomic mass is 35.5. The minimum absolute atomic E-state index is 0.133. The van der Waals surface area contributed by atoms with Crippen LogP contribution in [0.25, 0.3) is 0 Å². The van der Waals surface area contributed by atoms with Crippen LogP contribution in [0.5, 0.6) is 0 Å². The number of rotatable bonds is 4. The quantitative estimate of drug-likeness (QED) is 0.739. The highest BCUT2D eigenvalue weighted by Gasteiger charge is 2.22. The Bertz CT molecular complexity index is 830. The largest absolute Gasteiger partial charge is 0.368 e. The number of carbonyl (C=O) groups excluding carboxylic acids is 1. The average molecular weight is 412 g/mol. The lowest BCUT2D eigenvalue weighted by Crippen LogP contribution is -2.48. The third-order valence-electron chi connectivity index (χ3n) is 6.09. The number of piperidine rings is 1. The van der Waals surface area contributed by atoms with Crippen LogP contribution in [-0.2, 0) is 6.54 Å². The molecule has 2 fully saturated rings. The first-order valence-electron chi connectivity index (χ1n) is 10.7. The van der Waals surface area contributed by atoms with Crippen molar-refractivity contribution < 1.29 is 4.79 Å². The van der Waals surface area contributed by atoms with Crippen LogP contribution >= 0.6 is 11.6 Å². The van der Waals surface area contributed by atoms with Gasteiger partial charge in [0.25, 0.3) is 5.91 Å². The average Bonchev–Trinajstić information content (AvgIpc) is 2.74. The summed E-state index contributed by atoms with van der Waals surface area (Å²) < 4.78 is 0. The van der Waals surface area contributed by atoms with Gasteiger partial charge in [-0.3, -0.25) is 9.69 Å². The van der Waals surface area contributed by atoms with Gasteiger partial charge in [0.05, 0.1) is 0 Å². The minimum atomic E-state index is 0.133. The Morgan fingerprint density at radius 2 is 1.79 bits per heavy atom. The maximum Gasteiger partial charge on any atom is 0.253 e. The maximum absolute atomic E-state index is 12.9. The first-order chi connectivity index (χ1) is 14.1. The first-order valence-corrected chi connectivity index (χ1v) is 11.1. The minimum Gasteiger partial charge on any atom is -0.368 e. The van der Waals surface area contributed by atoms with E-state index in [0.717, 1.165) is 54.9 Å². The summed E-state index contributed by atoms with van der Waals surface area (Å²) in [5, 5.41) is 0.750. The second-order valence-electron chi connectivity index (χ2n) is 8.44. The van der Waals surface area contributed by atoms with Gasteiger partial charge in [-0.2, -0.15) is 0 Å². The zero-order chi connectivity index (χ0) is 20.2. The molecular weight excluding hydrogens is 382 g/mol. The van der Waals surface area contributed by atoms with Gasteiger partial charge in [0.2, 0.25) is 0 Å². The Morgan fingerprint density at radius 3 is 2.48 bits per heavy atom. The Balaban J connectivity index is 1.32. The lowest BCUT2D eigenvalue weighted by Gasteiger charge is -2.36. The van der Waals surface area contributed by atoms with E-state index in [4.69, 9.17) is 11.6 Å². The van der Waals surface area contributed by atoms with Gasteiger partial charge in [-0.15, -0.1) is 0 Å². The molecule has 154 valence electrons. The van der Waals surface area contributed by atoms with Crippen molar-refractivity contribution in [2.45, 2.75) is 26.3 Å². The summed E-state index contributed by atoms with van der Waals surface area (Å²) in [5.41, 5.74) is 3.21. The molecule has 0 saturated carbocycles. The van der Waals surface area contributed by atoms with Crippen molar-refractivity contribution in [1.29, 1.82) is 0 Å². The fourth-order valence-electron chi connectivity index (χ4n) is 4.46. The lowest BCUT2D eigenvalue weighted by molar-refractivity contribution is 0.0746. The molecular formula is C24H30ClN3O. The van der Waals surface area contributed by atoms with Crippen molar-refractivity contribution in [3.63, 3.8) is 0 Å². The molecule has 0 aromatic heterocycles. The van der Waals surface area contributed by atoms with Crippen molar-refractivity contribution in [2.75, 3.05) is 44.2 Å². The molecule has 0 aliphatic carbocycles. The highest BCUT2D eigenvalue weighted by molar-refractivity contribution is 6.30. The van der Waals surface area contributed by atoms with E-state index in [-0.39, 0.29) is 5.91 Å². The van der Waals surface area contributed by atoms with E-state index in [1.165, 1.54) is 31.5 Å². The van der Waals surface area contributed by atoms with Crippen molar-refractivity contribution >= 4 is 23.2 Å². The number of amides is 1. The van der Waals surface area contributed by atoms with Crippen molar-refractivity contribution in [1.82, 2.24) is 9.80 Å². The number of hydrogen-bond donors (Lipinski definition) is 0. The molecule has 0 bridgehead atoms. The normalized spacial score (nSPS) is 20.7. The fourth-order valence-corrected chi connectivity index (χ4v) is 4.65. The summed E-state index contributed by atoms with van der Waals surface area (Å²) in [6.07, 6.45) is 2.63. The number of nitrogens with zero attached hydrogens (tertiary/aromatic N) is 3. The lowest BCUT2D eigenvalue weighted by atomic mass is 9.99. The van der Waals surface area contributed by atoms with Gasteiger partial charge in [0.1, 0.15) is 0 Å². The Hall–Kier alpha value is -2.04. The maximum atomic E-state index is 12.9. The summed E-state index contributed by atoms with van der Waals surface area (Å²) in [6.45, 7) is 8.81. The molecule has 5 heteroatoms. The summed E-state index contributed by atoms with van der Waals surface area (Å²) in [6, 6.07) is 16.2. The fraction of sp³-hybridized carbons (Fsp3) is 0.458. The van der Waals surface area contributed by atoms with Crippen molar-refractivity contribution in [3.8, 4) is 0 Å². The van der Waals surface area contributed by atoms with Crippen LogP contribution in [0.4, 0.5) is 5.69 Å². The van der Waals surface area contributed by atoms with Crippen LogP contribution in [0, 0.1) is 5.92 Å². The van der Waals surface area contributed by atoms with Gasteiger partial charge in [-0.05, 0) is 61.2 Å². The van der Waals surface area contributed by atoms with E-state index < -0.39 is 0 Å². The van der Waals surface area contributed by atoms with Gasteiger partial charge in [0.15, 0.2) is 0 Å². The predicted molar refractivity (Wildman–Crippen MR) is 120 cm³/mol. The number of carbonyl (C=O) groups is 1. The van der Waals surface area contributed by atoms with Crippen LogP contribution in [-0.4, -0.2) is 55.0 Å². The van der Waals surface area contributed by atoms with E-state index in [0.29, 0.717) is 0 Å². The summed E-state index contributed by atoms with van der Waals surface area (Å²) in [4.78, 5) is 19.7. The Morgan fingerprint density at radius 1 is 1.03 bits per heavy atom.